The van der Waals surface area contributed by atoms with Gasteiger partial charge in [-0.25, -0.2) is 4.79 Å². The number of carbonyl (C=O) groups is 2. The van der Waals surface area contributed by atoms with E-state index < -0.39 is 12.0 Å². The largest absolute Gasteiger partial charge is 0.480 e. The Morgan fingerprint density at radius 1 is 1.53 bits per heavy atom. The summed E-state index contributed by atoms with van der Waals surface area (Å²) < 4.78 is 0. The van der Waals surface area contributed by atoms with Gasteiger partial charge in [-0.1, -0.05) is 0 Å². The molecule has 0 unspecified atom stereocenters. The molecule has 5 nitrogen and oxygen atoms in total. The zero-order valence-corrected chi connectivity index (χ0v) is 9.59. The van der Waals surface area contributed by atoms with E-state index >= 15 is 0 Å². The normalized spacial score (nSPS) is 19.4. The second kappa shape index (κ2) is 4.53. The van der Waals surface area contributed by atoms with Crippen LogP contribution in [0, 0.1) is 6.92 Å². The van der Waals surface area contributed by atoms with Crippen molar-refractivity contribution in [2.45, 2.75) is 25.8 Å². The molecule has 1 N–H and O–H groups in total. The van der Waals surface area contributed by atoms with Crippen molar-refractivity contribution in [2.24, 2.45) is 0 Å². The number of hydrogen-bond donors (Lipinski definition) is 1. The number of rotatable bonds is 2. The van der Waals surface area contributed by atoms with Crippen LogP contribution in [0.15, 0.2) is 18.3 Å². The molecule has 1 saturated heterocycles. The zero-order valence-electron chi connectivity index (χ0n) is 9.59. The minimum absolute atomic E-state index is 0.222. The van der Waals surface area contributed by atoms with Crippen molar-refractivity contribution in [3.63, 3.8) is 0 Å². The van der Waals surface area contributed by atoms with Crippen molar-refractivity contribution in [3.8, 4) is 0 Å². The molecule has 5 heteroatoms. The molecule has 0 radical (unpaired) electrons. The van der Waals surface area contributed by atoms with Crippen LogP contribution < -0.4 is 0 Å². The number of aliphatic carboxylic acids is 1. The maximum atomic E-state index is 12.1. The SMILES string of the molecule is Cc1cc(C(=O)N2CCC[C@@H]2C(=O)O)ccn1. The maximum Gasteiger partial charge on any atom is 0.326 e. The Morgan fingerprint density at radius 3 is 2.94 bits per heavy atom. The Hall–Kier alpha value is -1.91. The van der Waals surface area contributed by atoms with E-state index in [1.807, 2.05) is 0 Å². The molecule has 90 valence electrons. The van der Waals surface area contributed by atoms with Crippen molar-refractivity contribution >= 4 is 11.9 Å². The molecule has 1 aliphatic rings. The van der Waals surface area contributed by atoms with Crippen molar-refractivity contribution < 1.29 is 14.7 Å². The molecule has 1 aromatic rings. The van der Waals surface area contributed by atoms with Gasteiger partial charge in [0.15, 0.2) is 0 Å². The number of hydrogen-bond acceptors (Lipinski definition) is 3. The summed E-state index contributed by atoms with van der Waals surface area (Å²) >= 11 is 0. The molecule has 0 aliphatic carbocycles. The number of pyridine rings is 1. The molecular weight excluding hydrogens is 220 g/mol. The van der Waals surface area contributed by atoms with Gasteiger partial charge in [0.25, 0.3) is 5.91 Å². The summed E-state index contributed by atoms with van der Waals surface area (Å²) in [7, 11) is 0. The number of amides is 1. The van der Waals surface area contributed by atoms with Crippen LogP contribution in [0.25, 0.3) is 0 Å². The van der Waals surface area contributed by atoms with Crippen LogP contribution in [0.3, 0.4) is 0 Å². The van der Waals surface area contributed by atoms with Crippen molar-refractivity contribution in [1.29, 1.82) is 0 Å². The molecule has 0 saturated carbocycles. The van der Waals surface area contributed by atoms with E-state index in [1.165, 1.54) is 4.90 Å². The molecule has 0 aromatic carbocycles. The fourth-order valence-corrected chi connectivity index (χ4v) is 2.11. The third-order valence-electron chi connectivity index (χ3n) is 2.94. The van der Waals surface area contributed by atoms with Crippen LogP contribution in [0.2, 0.25) is 0 Å². The average Bonchev–Trinajstić information content (AvgIpc) is 2.77. The van der Waals surface area contributed by atoms with Gasteiger partial charge in [-0.3, -0.25) is 9.78 Å². The van der Waals surface area contributed by atoms with Gasteiger partial charge in [-0.05, 0) is 31.9 Å². The number of likely N-dealkylation sites (tertiary alicyclic amines) is 1. The van der Waals surface area contributed by atoms with E-state index in [4.69, 9.17) is 5.11 Å². The Morgan fingerprint density at radius 2 is 2.29 bits per heavy atom. The quantitative estimate of drug-likeness (QED) is 0.831. The van der Waals surface area contributed by atoms with Gasteiger partial charge in [0.05, 0.1) is 0 Å². The van der Waals surface area contributed by atoms with Crippen LogP contribution in [0.1, 0.15) is 28.9 Å². The van der Waals surface area contributed by atoms with Gasteiger partial charge in [-0.2, -0.15) is 0 Å². The summed E-state index contributed by atoms with van der Waals surface area (Å²) in [6, 6.07) is 2.61. The minimum atomic E-state index is -0.929. The van der Waals surface area contributed by atoms with Crippen LogP contribution in [-0.4, -0.2) is 39.5 Å². The highest BCUT2D eigenvalue weighted by Crippen LogP contribution is 2.20. The number of carbonyl (C=O) groups excluding carboxylic acids is 1. The van der Waals surface area contributed by atoms with Crippen LogP contribution in [-0.2, 0) is 4.79 Å². The number of aromatic nitrogens is 1. The van der Waals surface area contributed by atoms with Crippen molar-refractivity contribution in [3.05, 3.63) is 29.6 Å². The van der Waals surface area contributed by atoms with Gasteiger partial charge in [0.1, 0.15) is 6.04 Å². The lowest BCUT2D eigenvalue weighted by Crippen LogP contribution is -2.40. The van der Waals surface area contributed by atoms with E-state index in [0.717, 1.165) is 12.1 Å². The predicted molar refractivity (Wildman–Crippen MR) is 60.7 cm³/mol. The first kappa shape index (κ1) is 11.6. The van der Waals surface area contributed by atoms with E-state index in [9.17, 15) is 9.59 Å². The third-order valence-corrected chi connectivity index (χ3v) is 2.94. The summed E-state index contributed by atoms with van der Waals surface area (Å²) in [6.45, 7) is 2.31. The van der Waals surface area contributed by atoms with Crippen molar-refractivity contribution in [2.75, 3.05) is 6.54 Å². The van der Waals surface area contributed by atoms with Crippen molar-refractivity contribution in [1.82, 2.24) is 9.88 Å². The standard InChI is InChI=1S/C12H14N2O3/c1-8-7-9(4-5-13-8)11(15)14-6-2-3-10(14)12(16)17/h4-5,7,10H,2-3,6H2,1H3,(H,16,17)/t10-/m1/s1. The van der Waals surface area contributed by atoms with E-state index in [0.29, 0.717) is 18.5 Å². The van der Waals surface area contributed by atoms with E-state index in [1.54, 1.807) is 25.3 Å². The highest BCUT2D eigenvalue weighted by Gasteiger charge is 2.34. The summed E-state index contributed by atoms with van der Waals surface area (Å²) in [5.41, 5.74) is 1.26. The summed E-state index contributed by atoms with van der Waals surface area (Å²) in [6.07, 6.45) is 2.84. The van der Waals surface area contributed by atoms with E-state index in [-0.39, 0.29) is 5.91 Å². The number of nitrogens with zero attached hydrogens (tertiary/aromatic N) is 2. The molecule has 1 fully saturated rings. The van der Waals surface area contributed by atoms with Crippen LogP contribution >= 0.6 is 0 Å². The third kappa shape index (κ3) is 2.27. The summed E-state index contributed by atoms with van der Waals surface area (Å²) in [5.74, 6) is -1.15. The van der Waals surface area contributed by atoms with Gasteiger partial charge >= 0.3 is 5.97 Å². The molecule has 1 atom stereocenters. The second-order valence-electron chi connectivity index (χ2n) is 4.18. The molecule has 1 aliphatic heterocycles. The number of carboxylic acids is 1. The first-order chi connectivity index (χ1) is 8.09. The lowest BCUT2D eigenvalue weighted by Gasteiger charge is -2.21. The van der Waals surface area contributed by atoms with Gasteiger partial charge < -0.3 is 10.0 Å². The molecular formula is C12H14N2O3. The molecule has 0 bridgehead atoms. The highest BCUT2D eigenvalue weighted by atomic mass is 16.4. The molecule has 17 heavy (non-hydrogen) atoms. The molecule has 1 aromatic heterocycles. The lowest BCUT2D eigenvalue weighted by atomic mass is 10.2. The first-order valence-corrected chi connectivity index (χ1v) is 5.56. The van der Waals surface area contributed by atoms with Gasteiger partial charge in [-0.15, -0.1) is 0 Å². The Labute approximate surface area is 99.1 Å². The highest BCUT2D eigenvalue weighted by molar-refractivity contribution is 5.96. The average molecular weight is 234 g/mol. The second-order valence-corrected chi connectivity index (χ2v) is 4.18. The van der Waals surface area contributed by atoms with Gasteiger partial charge in [0, 0.05) is 24.0 Å². The van der Waals surface area contributed by atoms with E-state index in [2.05, 4.69) is 4.98 Å². The number of aryl methyl sites for hydroxylation is 1. The zero-order chi connectivity index (χ0) is 12.4. The first-order valence-electron chi connectivity index (χ1n) is 5.56. The van der Waals surface area contributed by atoms with Gasteiger partial charge in [0.2, 0.25) is 0 Å². The molecule has 2 heterocycles. The monoisotopic (exact) mass is 234 g/mol. The Kier molecular flexibility index (Phi) is 3.08. The number of carboxylic acid groups (broad SMARTS) is 1. The summed E-state index contributed by atoms with van der Waals surface area (Å²) in [5, 5.41) is 9.03. The Bertz CT molecular complexity index is 459. The smallest absolute Gasteiger partial charge is 0.326 e. The lowest BCUT2D eigenvalue weighted by molar-refractivity contribution is -0.141. The predicted octanol–water partition coefficient (Wildman–Crippen LogP) is 1.08. The summed E-state index contributed by atoms with van der Waals surface area (Å²) in [4.78, 5) is 28.6. The molecule has 0 spiro atoms. The topological polar surface area (TPSA) is 70.5 Å². The molecule has 2 rings (SSSR count). The van der Waals surface area contributed by atoms with Crippen LogP contribution in [0.5, 0.6) is 0 Å². The molecule has 1 amide bonds. The minimum Gasteiger partial charge on any atom is -0.480 e. The van der Waals surface area contributed by atoms with Crippen LogP contribution in [0.4, 0.5) is 0 Å². The fraction of sp³-hybridized carbons (Fsp3) is 0.417. The maximum absolute atomic E-state index is 12.1. The Balaban J connectivity index is 2.23. The fourth-order valence-electron chi connectivity index (χ4n) is 2.11.